The van der Waals surface area contributed by atoms with E-state index < -0.39 is 5.97 Å². The smallest absolute Gasteiger partial charge is 0.336 e. The average Bonchev–Trinajstić information content (AvgIpc) is 2.99. The van der Waals surface area contributed by atoms with Gasteiger partial charge in [-0.3, -0.25) is 9.20 Å². The van der Waals surface area contributed by atoms with Crippen LogP contribution in [0.25, 0.3) is 16.7 Å². The summed E-state index contributed by atoms with van der Waals surface area (Å²) in [6, 6.07) is 3.29. The number of nitrogens with one attached hydrogen (secondary N) is 1. The summed E-state index contributed by atoms with van der Waals surface area (Å²) in [6.07, 6.45) is 3.89. The van der Waals surface area contributed by atoms with Crippen LogP contribution in [0.4, 0.5) is 0 Å². The van der Waals surface area contributed by atoms with Crippen molar-refractivity contribution in [2.24, 2.45) is 0 Å². The molecule has 0 saturated carbocycles. The maximum Gasteiger partial charge on any atom is 0.336 e. The van der Waals surface area contributed by atoms with Crippen molar-refractivity contribution < 1.29 is 9.90 Å². The Balaban J connectivity index is 2.38. The molecule has 3 aromatic rings. The molecule has 0 atom stereocenters. The number of fused-ring (bicyclic) bond motifs is 3. The molecule has 0 fully saturated rings. The van der Waals surface area contributed by atoms with E-state index in [0.29, 0.717) is 16.6 Å². The number of H-pyrrole nitrogens is 1. The Bertz CT molecular complexity index is 997. The molecule has 0 amide bonds. The van der Waals surface area contributed by atoms with Crippen molar-refractivity contribution in [3.05, 3.63) is 39.4 Å². The molecule has 7 nitrogen and oxygen atoms in total. The summed E-state index contributed by atoms with van der Waals surface area (Å²) in [5.41, 5.74) is 1.91. The van der Waals surface area contributed by atoms with Crippen molar-refractivity contribution in [1.29, 1.82) is 0 Å². The summed E-state index contributed by atoms with van der Waals surface area (Å²) in [4.78, 5) is 26.7. The molecular formula is C18H22N4O3. The van der Waals surface area contributed by atoms with Crippen molar-refractivity contribution >= 4 is 22.6 Å². The van der Waals surface area contributed by atoms with Crippen LogP contribution < -0.4 is 5.56 Å². The highest BCUT2D eigenvalue weighted by molar-refractivity contribution is 5.94. The summed E-state index contributed by atoms with van der Waals surface area (Å²) in [6.45, 7) is 5.95. The van der Waals surface area contributed by atoms with Gasteiger partial charge in [0.25, 0.3) is 5.56 Å². The Kier molecular flexibility index (Phi) is 4.57. The molecule has 2 N–H and O–H groups in total. The number of carbonyl (C=O) groups is 1. The van der Waals surface area contributed by atoms with Gasteiger partial charge in [0, 0.05) is 5.92 Å². The first-order valence-electron chi connectivity index (χ1n) is 8.62. The molecule has 3 rings (SSSR count). The number of aromatic nitrogens is 4. The van der Waals surface area contributed by atoms with Gasteiger partial charge in [-0.25, -0.2) is 4.79 Å². The molecule has 0 aliphatic heterocycles. The first-order valence-corrected chi connectivity index (χ1v) is 8.62. The maximum atomic E-state index is 12.4. The van der Waals surface area contributed by atoms with Gasteiger partial charge in [0.05, 0.1) is 16.6 Å². The molecule has 0 radical (unpaired) electrons. The number of aryl methyl sites for hydroxylation is 1. The van der Waals surface area contributed by atoms with Crippen molar-refractivity contribution in [3.8, 4) is 0 Å². The Hall–Kier alpha value is -2.70. The lowest BCUT2D eigenvalue weighted by atomic mass is 9.97. The highest BCUT2D eigenvalue weighted by atomic mass is 16.4. The minimum atomic E-state index is -0.993. The van der Waals surface area contributed by atoms with Crippen LogP contribution in [0.2, 0.25) is 0 Å². The first kappa shape index (κ1) is 17.1. The molecule has 0 aliphatic carbocycles. The Labute approximate surface area is 144 Å². The molecule has 0 saturated heterocycles. The van der Waals surface area contributed by atoms with Gasteiger partial charge in [-0.2, -0.15) is 0 Å². The van der Waals surface area contributed by atoms with Crippen molar-refractivity contribution in [2.75, 3.05) is 0 Å². The second kappa shape index (κ2) is 6.66. The Morgan fingerprint density at radius 2 is 1.92 bits per heavy atom. The monoisotopic (exact) mass is 342 g/mol. The zero-order valence-corrected chi connectivity index (χ0v) is 14.7. The summed E-state index contributed by atoms with van der Waals surface area (Å²) >= 11 is 0. The number of aromatic amines is 1. The topological polar surface area (TPSA) is 100 Å². The quantitative estimate of drug-likeness (QED) is 0.716. The molecule has 2 heterocycles. The van der Waals surface area contributed by atoms with Crippen LogP contribution in [0.1, 0.15) is 67.2 Å². The molecule has 0 unspecified atom stereocenters. The lowest BCUT2D eigenvalue weighted by Crippen LogP contribution is -2.14. The van der Waals surface area contributed by atoms with E-state index in [1.807, 2.05) is 0 Å². The second-order valence-corrected chi connectivity index (χ2v) is 6.44. The minimum absolute atomic E-state index is 0.185. The number of hydrogen-bond acceptors (Lipinski definition) is 4. The number of carboxylic acid groups (broad SMARTS) is 1. The molecule has 2 aromatic heterocycles. The zero-order valence-electron chi connectivity index (χ0n) is 14.7. The van der Waals surface area contributed by atoms with Crippen LogP contribution in [0, 0.1) is 6.92 Å². The number of nitrogens with zero attached hydrogens (tertiary/aromatic N) is 3. The number of aromatic carboxylic acids is 1. The maximum absolute atomic E-state index is 12.4. The van der Waals surface area contributed by atoms with Gasteiger partial charge < -0.3 is 10.1 Å². The van der Waals surface area contributed by atoms with Gasteiger partial charge in [0.15, 0.2) is 0 Å². The third kappa shape index (κ3) is 2.90. The van der Waals surface area contributed by atoms with E-state index in [2.05, 4.69) is 29.0 Å². The number of benzene rings is 1. The van der Waals surface area contributed by atoms with Gasteiger partial charge in [-0.05, 0) is 37.5 Å². The Morgan fingerprint density at radius 3 is 2.52 bits per heavy atom. The largest absolute Gasteiger partial charge is 0.478 e. The van der Waals surface area contributed by atoms with Gasteiger partial charge >= 0.3 is 5.97 Å². The van der Waals surface area contributed by atoms with Crippen LogP contribution in [-0.4, -0.2) is 30.7 Å². The second-order valence-electron chi connectivity index (χ2n) is 6.44. The molecule has 25 heavy (non-hydrogen) atoms. The van der Waals surface area contributed by atoms with Crippen LogP contribution in [0.15, 0.2) is 16.9 Å². The summed E-state index contributed by atoms with van der Waals surface area (Å²) in [5.74, 6) is -0.0772. The molecule has 132 valence electrons. The lowest BCUT2D eigenvalue weighted by molar-refractivity contribution is 0.0696. The molecule has 0 spiro atoms. The van der Waals surface area contributed by atoms with E-state index in [1.54, 1.807) is 23.5 Å². The van der Waals surface area contributed by atoms with Crippen molar-refractivity contribution in [1.82, 2.24) is 19.6 Å². The van der Waals surface area contributed by atoms with Crippen LogP contribution in [0.3, 0.4) is 0 Å². The normalized spacial score (nSPS) is 11.7. The van der Waals surface area contributed by atoms with Gasteiger partial charge in [-0.15, -0.1) is 10.2 Å². The van der Waals surface area contributed by atoms with E-state index in [0.717, 1.165) is 31.5 Å². The fraction of sp³-hybridized carbons (Fsp3) is 0.444. The van der Waals surface area contributed by atoms with E-state index in [9.17, 15) is 14.7 Å². The van der Waals surface area contributed by atoms with E-state index in [4.69, 9.17) is 0 Å². The number of carboxylic acids is 1. The predicted octanol–water partition coefficient (Wildman–Crippen LogP) is 3.26. The van der Waals surface area contributed by atoms with Gasteiger partial charge in [0.1, 0.15) is 5.82 Å². The number of rotatable bonds is 6. The average molecular weight is 342 g/mol. The molecule has 0 bridgehead atoms. The molecule has 1 aromatic carbocycles. The van der Waals surface area contributed by atoms with Gasteiger partial charge in [0.2, 0.25) is 5.65 Å². The molecule has 0 aliphatic rings. The third-order valence-corrected chi connectivity index (χ3v) is 4.59. The third-order valence-electron chi connectivity index (χ3n) is 4.59. The molecule has 7 heteroatoms. The summed E-state index contributed by atoms with van der Waals surface area (Å²) in [7, 11) is 0. The summed E-state index contributed by atoms with van der Waals surface area (Å²) in [5, 5.41) is 17.8. The lowest BCUT2D eigenvalue weighted by Gasteiger charge is -2.15. The predicted molar refractivity (Wildman–Crippen MR) is 95.4 cm³/mol. The van der Waals surface area contributed by atoms with E-state index in [1.165, 1.54) is 0 Å². The first-order chi connectivity index (χ1) is 12.0. The fourth-order valence-corrected chi connectivity index (χ4v) is 3.43. The highest BCUT2D eigenvalue weighted by Crippen LogP contribution is 2.27. The standard InChI is InChI=1S/C18H22N4O3/c1-4-6-11(7-5-2)15-20-21-16-17(23)19-13-8-10(3)12(18(24)25)9-14(13)22(15)16/h8-9,11H,4-7H2,1-3H3,(H,19,23)(H,24,25). The molecular weight excluding hydrogens is 320 g/mol. The van der Waals surface area contributed by atoms with Crippen molar-refractivity contribution in [2.45, 2.75) is 52.4 Å². The number of hydrogen-bond donors (Lipinski definition) is 2. The van der Waals surface area contributed by atoms with E-state index >= 15 is 0 Å². The van der Waals surface area contributed by atoms with Crippen LogP contribution in [-0.2, 0) is 0 Å². The summed E-state index contributed by atoms with van der Waals surface area (Å²) < 4.78 is 1.73. The van der Waals surface area contributed by atoms with Crippen molar-refractivity contribution in [3.63, 3.8) is 0 Å². The highest BCUT2D eigenvalue weighted by Gasteiger charge is 2.21. The zero-order chi connectivity index (χ0) is 18.1. The van der Waals surface area contributed by atoms with Gasteiger partial charge in [-0.1, -0.05) is 26.7 Å². The SMILES string of the molecule is CCCC(CCC)c1nnc2c(=O)[nH]c3cc(C)c(C(=O)O)cc3n12. The fourth-order valence-electron chi connectivity index (χ4n) is 3.43. The van der Waals surface area contributed by atoms with Crippen LogP contribution in [0.5, 0.6) is 0 Å². The Morgan fingerprint density at radius 1 is 1.24 bits per heavy atom. The van der Waals surface area contributed by atoms with Crippen LogP contribution >= 0.6 is 0 Å². The van der Waals surface area contributed by atoms with E-state index in [-0.39, 0.29) is 22.7 Å². The minimum Gasteiger partial charge on any atom is -0.478 e.